The summed E-state index contributed by atoms with van der Waals surface area (Å²) in [5.74, 6) is -0.272. The third-order valence-electron chi connectivity index (χ3n) is 2.30. The van der Waals surface area contributed by atoms with Crippen LogP contribution in [0, 0.1) is 0 Å². The van der Waals surface area contributed by atoms with Crippen molar-refractivity contribution in [1.82, 2.24) is 0 Å². The molecule has 0 saturated carbocycles. The fourth-order valence-corrected chi connectivity index (χ4v) is 1.47. The van der Waals surface area contributed by atoms with E-state index in [1.54, 1.807) is 0 Å². The van der Waals surface area contributed by atoms with Gasteiger partial charge in [-0.05, 0) is 5.56 Å². The molecule has 3 nitrogen and oxygen atoms in total. The minimum absolute atomic E-state index is 0.00449. The molecule has 14 heavy (non-hydrogen) atoms. The maximum Gasteiger partial charge on any atom is 0.337 e. The highest BCUT2D eigenvalue weighted by atomic mass is 16.6. The van der Waals surface area contributed by atoms with Crippen molar-refractivity contribution >= 4 is 5.97 Å². The lowest BCUT2D eigenvalue weighted by atomic mass is 10.1. The van der Waals surface area contributed by atoms with E-state index in [0.29, 0.717) is 0 Å². The number of methoxy groups -OCH3 is 1. The fraction of sp³-hybridized carbons (Fsp3) is 0.364. The van der Waals surface area contributed by atoms with E-state index in [4.69, 9.17) is 4.74 Å². The van der Waals surface area contributed by atoms with Crippen LogP contribution < -0.4 is 0 Å². The molecule has 0 unspecified atom stereocenters. The van der Waals surface area contributed by atoms with Crippen molar-refractivity contribution in [2.45, 2.75) is 18.6 Å². The van der Waals surface area contributed by atoms with Gasteiger partial charge in [0.25, 0.3) is 0 Å². The summed E-state index contributed by atoms with van der Waals surface area (Å²) >= 11 is 0. The number of benzene rings is 1. The molecule has 2 rings (SSSR count). The Bertz CT molecular complexity index is 321. The molecule has 0 radical (unpaired) electrons. The van der Waals surface area contributed by atoms with Crippen LogP contribution in [0.4, 0.5) is 0 Å². The minimum atomic E-state index is -0.347. The van der Waals surface area contributed by atoms with Crippen LogP contribution in [-0.2, 0) is 20.7 Å². The lowest BCUT2D eigenvalue weighted by Crippen LogP contribution is -2.12. The Morgan fingerprint density at radius 2 is 2.14 bits per heavy atom. The maximum atomic E-state index is 11.0. The Hall–Kier alpha value is -1.35. The smallest absolute Gasteiger partial charge is 0.337 e. The Labute approximate surface area is 82.6 Å². The van der Waals surface area contributed by atoms with E-state index in [1.165, 1.54) is 12.7 Å². The zero-order valence-corrected chi connectivity index (χ0v) is 7.97. The number of hydrogen-bond acceptors (Lipinski definition) is 3. The molecule has 1 aromatic carbocycles. The van der Waals surface area contributed by atoms with Crippen molar-refractivity contribution < 1.29 is 14.3 Å². The number of carbonyl (C=O) groups is 1. The van der Waals surface area contributed by atoms with Gasteiger partial charge in [0.2, 0.25) is 0 Å². The van der Waals surface area contributed by atoms with E-state index in [-0.39, 0.29) is 18.2 Å². The van der Waals surface area contributed by atoms with Gasteiger partial charge in [-0.15, -0.1) is 0 Å². The molecular weight excluding hydrogens is 180 g/mol. The molecular formula is C11H12O3. The van der Waals surface area contributed by atoms with Crippen molar-refractivity contribution in [3.8, 4) is 0 Å². The van der Waals surface area contributed by atoms with Crippen LogP contribution in [0.1, 0.15) is 5.56 Å². The van der Waals surface area contributed by atoms with Gasteiger partial charge >= 0.3 is 5.97 Å². The van der Waals surface area contributed by atoms with Crippen LogP contribution in [0.25, 0.3) is 0 Å². The molecule has 1 fully saturated rings. The molecule has 1 aliphatic rings. The summed E-state index contributed by atoms with van der Waals surface area (Å²) in [5.41, 5.74) is 1.18. The number of ether oxygens (including phenoxy) is 2. The molecule has 1 aliphatic heterocycles. The first kappa shape index (κ1) is 9.21. The van der Waals surface area contributed by atoms with Crippen molar-refractivity contribution in [1.29, 1.82) is 0 Å². The predicted molar refractivity (Wildman–Crippen MR) is 50.8 cm³/mol. The molecule has 74 valence electrons. The van der Waals surface area contributed by atoms with Crippen LogP contribution in [0.3, 0.4) is 0 Å². The van der Waals surface area contributed by atoms with Crippen LogP contribution in [0.2, 0.25) is 0 Å². The molecule has 0 spiro atoms. The summed E-state index contributed by atoms with van der Waals surface area (Å²) in [6.45, 7) is 0. The van der Waals surface area contributed by atoms with Gasteiger partial charge in [-0.3, -0.25) is 0 Å². The van der Waals surface area contributed by atoms with Crippen LogP contribution in [0.15, 0.2) is 30.3 Å². The SMILES string of the molecule is COC(=O)[C@H]1O[C@@H]1Cc1ccccc1. The molecule has 0 bridgehead atoms. The number of carbonyl (C=O) groups excluding carboxylic acids is 1. The lowest BCUT2D eigenvalue weighted by Gasteiger charge is -1.96. The van der Waals surface area contributed by atoms with Gasteiger partial charge in [-0.25, -0.2) is 4.79 Å². The topological polar surface area (TPSA) is 38.8 Å². The zero-order valence-electron chi connectivity index (χ0n) is 7.97. The van der Waals surface area contributed by atoms with E-state index in [9.17, 15) is 4.79 Å². The number of rotatable bonds is 3. The van der Waals surface area contributed by atoms with Gasteiger partial charge in [-0.2, -0.15) is 0 Å². The molecule has 1 aromatic rings. The van der Waals surface area contributed by atoms with Gasteiger partial charge in [0.05, 0.1) is 13.2 Å². The predicted octanol–water partition coefficient (Wildman–Crippen LogP) is 1.17. The summed E-state index contributed by atoms with van der Waals surface area (Å²) in [5, 5.41) is 0. The van der Waals surface area contributed by atoms with Gasteiger partial charge in [0.1, 0.15) is 0 Å². The highest BCUT2D eigenvalue weighted by Crippen LogP contribution is 2.26. The quantitative estimate of drug-likeness (QED) is 0.533. The third kappa shape index (κ3) is 1.93. The van der Waals surface area contributed by atoms with Crippen molar-refractivity contribution in [2.75, 3.05) is 7.11 Å². The minimum Gasteiger partial charge on any atom is -0.467 e. The zero-order chi connectivity index (χ0) is 9.97. The van der Waals surface area contributed by atoms with E-state index >= 15 is 0 Å². The summed E-state index contributed by atoms with van der Waals surface area (Å²) in [6, 6.07) is 9.97. The third-order valence-corrected chi connectivity index (χ3v) is 2.30. The van der Waals surface area contributed by atoms with E-state index in [2.05, 4.69) is 4.74 Å². The second kappa shape index (κ2) is 3.80. The number of esters is 1. The lowest BCUT2D eigenvalue weighted by molar-refractivity contribution is -0.142. The first-order valence-electron chi connectivity index (χ1n) is 4.58. The standard InChI is InChI=1S/C11H12O3/c1-13-11(12)10-9(14-10)7-8-5-3-2-4-6-8/h2-6,9-10H,7H2,1H3/t9-,10+/m1/s1. The average molecular weight is 192 g/mol. The molecule has 3 heteroatoms. The largest absolute Gasteiger partial charge is 0.467 e. The van der Waals surface area contributed by atoms with E-state index in [1.807, 2.05) is 30.3 Å². The molecule has 2 atom stereocenters. The molecule has 0 aliphatic carbocycles. The van der Waals surface area contributed by atoms with Gasteiger partial charge in [-0.1, -0.05) is 30.3 Å². The van der Waals surface area contributed by atoms with Gasteiger partial charge in [0.15, 0.2) is 6.10 Å². The van der Waals surface area contributed by atoms with E-state index < -0.39 is 0 Å². The van der Waals surface area contributed by atoms with Crippen molar-refractivity contribution in [3.63, 3.8) is 0 Å². The number of hydrogen-bond donors (Lipinski definition) is 0. The second-order valence-electron chi connectivity index (χ2n) is 3.31. The van der Waals surface area contributed by atoms with Crippen LogP contribution in [-0.4, -0.2) is 25.3 Å². The maximum absolute atomic E-state index is 11.0. The van der Waals surface area contributed by atoms with Gasteiger partial charge in [0, 0.05) is 6.42 Å². The highest BCUT2D eigenvalue weighted by molar-refractivity contribution is 5.77. The number of epoxide rings is 1. The Morgan fingerprint density at radius 1 is 1.43 bits per heavy atom. The normalized spacial score (nSPS) is 24.4. The Kier molecular flexibility index (Phi) is 2.50. The monoisotopic (exact) mass is 192 g/mol. The average Bonchev–Trinajstić information content (AvgIpc) is 2.98. The summed E-state index contributed by atoms with van der Waals surface area (Å²) in [4.78, 5) is 11.0. The molecule has 0 N–H and O–H groups in total. The first-order chi connectivity index (χ1) is 6.81. The summed E-state index contributed by atoms with van der Waals surface area (Å²) in [7, 11) is 1.38. The van der Waals surface area contributed by atoms with Crippen LogP contribution in [0.5, 0.6) is 0 Å². The van der Waals surface area contributed by atoms with Gasteiger partial charge < -0.3 is 9.47 Å². The fourth-order valence-electron chi connectivity index (χ4n) is 1.47. The Morgan fingerprint density at radius 3 is 2.79 bits per heavy atom. The summed E-state index contributed by atoms with van der Waals surface area (Å²) < 4.78 is 9.78. The highest BCUT2D eigenvalue weighted by Gasteiger charge is 2.45. The van der Waals surface area contributed by atoms with Crippen molar-refractivity contribution in [3.05, 3.63) is 35.9 Å². The molecule has 0 aromatic heterocycles. The molecule has 1 heterocycles. The van der Waals surface area contributed by atoms with Crippen molar-refractivity contribution in [2.24, 2.45) is 0 Å². The van der Waals surface area contributed by atoms with E-state index in [0.717, 1.165) is 6.42 Å². The molecule has 1 saturated heterocycles. The first-order valence-corrected chi connectivity index (χ1v) is 4.58. The molecule has 0 amide bonds. The second-order valence-corrected chi connectivity index (χ2v) is 3.31. The Balaban J connectivity index is 1.88. The summed E-state index contributed by atoms with van der Waals surface area (Å²) in [6.07, 6.45) is 0.436. The van der Waals surface area contributed by atoms with Crippen LogP contribution >= 0.6 is 0 Å².